The molecule has 1 unspecified atom stereocenters. The molecule has 0 fully saturated rings. The molecule has 2 rings (SSSR count). The van der Waals surface area contributed by atoms with E-state index in [-0.39, 0.29) is 6.04 Å². The number of nitrogens with zero attached hydrogens (tertiary/aromatic N) is 3. The van der Waals surface area contributed by atoms with E-state index >= 15 is 0 Å². The molecule has 1 N–H and O–H groups in total. The first-order chi connectivity index (χ1) is 7.72. The molecule has 4 nitrogen and oxygen atoms in total. The molecule has 0 aliphatic carbocycles. The van der Waals surface area contributed by atoms with Crippen molar-refractivity contribution >= 4 is 11.3 Å². The molecule has 0 radical (unpaired) electrons. The van der Waals surface area contributed by atoms with Crippen LogP contribution in [-0.2, 0) is 0 Å². The van der Waals surface area contributed by atoms with Crippen LogP contribution in [0.5, 0.6) is 0 Å². The van der Waals surface area contributed by atoms with E-state index in [1.54, 1.807) is 23.0 Å². The maximum Gasteiger partial charge on any atom is 0.171 e. The Morgan fingerprint density at radius 2 is 2.19 bits per heavy atom. The van der Waals surface area contributed by atoms with Gasteiger partial charge in [0, 0.05) is 29.7 Å². The van der Waals surface area contributed by atoms with Crippen LogP contribution < -0.4 is 5.32 Å². The topological polar surface area (TPSA) is 50.7 Å². The van der Waals surface area contributed by atoms with Gasteiger partial charge in [0.1, 0.15) is 0 Å². The first-order valence-corrected chi connectivity index (χ1v) is 6.00. The van der Waals surface area contributed by atoms with E-state index in [0.29, 0.717) is 0 Å². The third-order valence-electron chi connectivity index (χ3n) is 2.57. The zero-order valence-electron chi connectivity index (χ0n) is 9.56. The highest BCUT2D eigenvalue weighted by Gasteiger charge is 2.10. The van der Waals surface area contributed by atoms with Crippen molar-refractivity contribution in [1.82, 2.24) is 20.3 Å². The first kappa shape index (κ1) is 11.2. The maximum atomic E-state index is 4.50. The van der Waals surface area contributed by atoms with Crippen molar-refractivity contribution in [1.29, 1.82) is 0 Å². The van der Waals surface area contributed by atoms with Gasteiger partial charge in [-0.3, -0.25) is 4.98 Å². The molecular weight excluding hydrogens is 220 g/mol. The second kappa shape index (κ2) is 4.67. The van der Waals surface area contributed by atoms with Gasteiger partial charge < -0.3 is 5.32 Å². The van der Waals surface area contributed by atoms with Crippen LogP contribution in [0, 0.1) is 6.92 Å². The summed E-state index contributed by atoms with van der Waals surface area (Å²) in [5.74, 6) is 0.757. The molecular formula is C11H14N4S. The first-order valence-electron chi connectivity index (χ1n) is 5.12. The average molecular weight is 234 g/mol. The lowest BCUT2D eigenvalue weighted by Gasteiger charge is -2.12. The van der Waals surface area contributed by atoms with Crippen LogP contribution in [0.2, 0.25) is 0 Å². The molecule has 0 saturated heterocycles. The van der Waals surface area contributed by atoms with Crippen LogP contribution in [0.4, 0.5) is 0 Å². The van der Waals surface area contributed by atoms with E-state index in [1.165, 1.54) is 0 Å². The van der Waals surface area contributed by atoms with Crippen LogP contribution >= 0.6 is 11.3 Å². The SMILES string of the molecule is CNC(C)c1cnc(-c2cncs2)nc1C. The lowest BCUT2D eigenvalue weighted by atomic mass is 10.1. The fraction of sp³-hybridized carbons (Fsp3) is 0.364. The Morgan fingerprint density at radius 1 is 1.38 bits per heavy atom. The Morgan fingerprint density at radius 3 is 2.75 bits per heavy atom. The molecule has 1 atom stereocenters. The molecule has 2 aromatic rings. The van der Waals surface area contributed by atoms with Crippen LogP contribution in [0.3, 0.4) is 0 Å². The molecule has 0 aliphatic heterocycles. The summed E-state index contributed by atoms with van der Waals surface area (Å²) in [6.45, 7) is 4.10. The smallest absolute Gasteiger partial charge is 0.171 e. The molecule has 0 aromatic carbocycles. The molecule has 0 saturated carbocycles. The van der Waals surface area contributed by atoms with E-state index in [0.717, 1.165) is 22.0 Å². The Kier molecular flexibility index (Phi) is 3.26. The Bertz CT molecular complexity index is 467. The van der Waals surface area contributed by atoms with Crippen molar-refractivity contribution in [2.75, 3.05) is 7.05 Å². The summed E-state index contributed by atoms with van der Waals surface area (Å²) in [6.07, 6.45) is 3.68. The number of thiazole rings is 1. The van der Waals surface area contributed by atoms with Crippen LogP contribution in [0.25, 0.3) is 10.7 Å². The van der Waals surface area contributed by atoms with E-state index in [4.69, 9.17) is 0 Å². The second-order valence-corrected chi connectivity index (χ2v) is 4.50. The average Bonchev–Trinajstić information content (AvgIpc) is 2.81. The third-order valence-corrected chi connectivity index (χ3v) is 3.34. The van der Waals surface area contributed by atoms with Crippen molar-refractivity contribution in [3.8, 4) is 10.7 Å². The number of hydrogen-bond acceptors (Lipinski definition) is 5. The number of nitrogens with one attached hydrogen (secondary N) is 1. The van der Waals surface area contributed by atoms with Crippen molar-refractivity contribution in [3.63, 3.8) is 0 Å². The summed E-state index contributed by atoms with van der Waals surface area (Å²) >= 11 is 1.55. The monoisotopic (exact) mass is 234 g/mol. The van der Waals surface area contributed by atoms with Crippen molar-refractivity contribution in [3.05, 3.63) is 29.2 Å². The third kappa shape index (κ3) is 2.10. The second-order valence-electron chi connectivity index (χ2n) is 3.61. The summed E-state index contributed by atoms with van der Waals surface area (Å²) in [4.78, 5) is 13.9. The lowest BCUT2D eigenvalue weighted by Crippen LogP contribution is -2.14. The van der Waals surface area contributed by atoms with E-state index < -0.39 is 0 Å². The highest BCUT2D eigenvalue weighted by atomic mass is 32.1. The molecule has 2 aromatic heterocycles. The molecule has 16 heavy (non-hydrogen) atoms. The summed E-state index contributed by atoms with van der Waals surface area (Å²) in [5, 5.41) is 3.19. The van der Waals surface area contributed by atoms with Gasteiger partial charge in [-0.15, -0.1) is 11.3 Å². The van der Waals surface area contributed by atoms with Gasteiger partial charge in [-0.2, -0.15) is 0 Å². The summed E-state index contributed by atoms with van der Waals surface area (Å²) in [5.41, 5.74) is 3.94. The predicted octanol–water partition coefficient (Wildman–Crippen LogP) is 2.19. The zero-order chi connectivity index (χ0) is 11.5. The normalized spacial score (nSPS) is 12.7. The number of hydrogen-bond donors (Lipinski definition) is 1. The Hall–Kier alpha value is -1.33. The van der Waals surface area contributed by atoms with Gasteiger partial charge in [-0.1, -0.05) is 0 Å². The highest BCUT2D eigenvalue weighted by Crippen LogP contribution is 2.21. The number of aryl methyl sites for hydroxylation is 1. The van der Waals surface area contributed by atoms with Gasteiger partial charge in [-0.25, -0.2) is 9.97 Å². The number of rotatable bonds is 3. The minimum absolute atomic E-state index is 0.274. The highest BCUT2D eigenvalue weighted by molar-refractivity contribution is 7.13. The predicted molar refractivity (Wildman–Crippen MR) is 65.4 cm³/mol. The minimum atomic E-state index is 0.274. The lowest BCUT2D eigenvalue weighted by molar-refractivity contribution is 0.641. The van der Waals surface area contributed by atoms with Crippen molar-refractivity contribution in [2.24, 2.45) is 0 Å². The van der Waals surface area contributed by atoms with Crippen molar-refractivity contribution < 1.29 is 0 Å². The van der Waals surface area contributed by atoms with Gasteiger partial charge >= 0.3 is 0 Å². The van der Waals surface area contributed by atoms with Gasteiger partial charge in [-0.05, 0) is 20.9 Å². The molecule has 2 heterocycles. The van der Waals surface area contributed by atoms with E-state index in [9.17, 15) is 0 Å². The maximum absolute atomic E-state index is 4.50. The molecule has 84 valence electrons. The largest absolute Gasteiger partial charge is 0.313 e. The van der Waals surface area contributed by atoms with Gasteiger partial charge in [0.15, 0.2) is 5.82 Å². The minimum Gasteiger partial charge on any atom is -0.313 e. The van der Waals surface area contributed by atoms with E-state index in [1.807, 2.05) is 20.2 Å². The van der Waals surface area contributed by atoms with Gasteiger partial charge in [0.25, 0.3) is 0 Å². The summed E-state index contributed by atoms with van der Waals surface area (Å²) in [7, 11) is 1.93. The fourth-order valence-corrected chi connectivity index (χ4v) is 2.06. The van der Waals surface area contributed by atoms with Crippen LogP contribution in [0.15, 0.2) is 17.9 Å². The number of aromatic nitrogens is 3. The van der Waals surface area contributed by atoms with Crippen molar-refractivity contribution in [2.45, 2.75) is 19.9 Å². The molecule has 0 spiro atoms. The van der Waals surface area contributed by atoms with Gasteiger partial charge in [0.05, 0.1) is 10.4 Å². The van der Waals surface area contributed by atoms with Crippen LogP contribution in [0.1, 0.15) is 24.2 Å². The Balaban J connectivity index is 2.37. The Labute approximate surface area is 98.8 Å². The summed E-state index contributed by atoms with van der Waals surface area (Å²) in [6, 6.07) is 0.274. The van der Waals surface area contributed by atoms with Crippen LogP contribution in [-0.4, -0.2) is 22.0 Å². The standard InChI is InChI=1S/C11H14N4S/c1-7(12-3)9-4-14-11(15-8(9)2)10-5-13-6-16-10/h4-7,12H,1-3H3. The molecule has 0 amide bonds. The zero-order valence-corrected chi connectivity index (χ0v) is 10.4. The summed E-state index contributed by atoms with van der Waals surface area (Å²) < 4.78 is 0. The fourth-order valence-electron chi connectivity index (χ4n) is 1.50. The quantitative estimate of drug-likeness (QED) is 0.884. The molecule has 0 aliphatic rings. The molecule has 0 bridgehead atoms. The van der Waals surface area contributed by atoms with Gasteiger partial charge in [0.2, 0.25) is 0 Å². The molecule has 5 heteroatoms. The van der Waals surface area contributed by atoms with E-state index in [2.05, 4.69) is 27.2 Å².